The highest BCUT2D eigenvalue weighted by Gasteiger charge is 2.46. The number of aliphatic hydroxyl groups is 1. The van der Waals surface area contributed by atoms with Crippen molar-refractivity contribution in [2.24, 2.45) is 5.92 Å². The molecule has 0 saturated carbocycles. The number of phenols is 1. The van der Waals surface area contributed by atoms with Gasteiger partial charge >= 0.3 is 5.97 Å². The average molecular weight is 410 g/mol. The lowest BCUT2D eigenvalue weighted by Gasteiger charge is -2.43. The number of aryl methyl sites for hydroxylation is 1. The molecule has 1 heterocycles. The SMILES string of the molecule is CC(C)N(C1=C(O)CC(CCc2ccc(O)cc2)(C(C)C)OC1=O)c1ccccc1. The zero-order valence-corrected chi connectivity index (χ0v) is 18.1. The molecule has 1 atom stereocenters. The Balaban J connectivity index is 1.90. The predicted molar refractivity (Wildman–Crippen MR) is 118 cm³/mol. The summed E-state index contributed by atoms with van der Waals surface area (Å²) in [5, 5.41) is 20.5. The van der Waals surface area contributed by atoms with Crippen molar-refractivity contribution in [3.05, 3.63) is 71.6 Å². The number of hydrogen-bond donors (Lipinski definition) is 2. The van der Waals surface area contributed by atoms with Crippen molar-refractivity contribution < 1.29 is 19.7 Å². The van der Waals surface area contributed by atoms with Gasteiger partial charge in [-0.15, -0.1) is 0 Å². The van der Waals surface area contributed by atoms with Crippen molar-refractivity contribution in [2.75, 3.05) is 4.90 Å². The summed E-state index contributed by atoms with van der Waals surface area (Å²) >= 11 is 0. The van der Waals surface area contributed by atoms with Crippen LogP contribution in [0.2, 0.25) is 0 Å². The molecule has 2 aromatic carbocycles. The number of carbonyl (C=O) groups excluding carboxylic acids is 1. The Morgan fingerprint density at radius 3 is 2.17 bits per heavy atom. The van der Waals surface area contributed by atoms with E-state index in [0.29, 0.717) is 12.8 Å². The number of aliphatic hydroxyl groups excluding tert-OH is 1. The van der Waals surface area contributed by atoms with Gasteiger partial charge in [0.05, 0.1) is 0 Å². The second kappa shape index (κ2) is 8.82. The van der Waals surface area contributed by atoms with Crippen LogP contribution in [-0.4, -0.2) is 27.8 Å². The van der Waals surface area contributed by atoms with Gasteiger partial charge < -0.3 is 19.8 Å². The quantitative estimate of drug-likeness (QED) is 0.603. The summed E-state index contributed by atoms with van der Waals surface area (Å²) in [4.78, 5) is 15.0. The second-order valence-electron chi connectivity index (χ2n) is 8.55. The number of esters is 1. The largest absolute Gasteiger partial charge is 0.510 e. The number of benzene rings is 2. The molecule has 0 spiro atoms. The Kier molecular flexibility index (Phi) is 6.40. The number of nitrogens with zero attached hydrogens (tertiary/aromatic N) is 1. The van der Waals surface area contributed by atoms with E-state index in [1.165, 1.54) is 0 Å². The number of cyclic esters (lactones) is 1. The van der Waals surface area contributed by atoms with Gasteiger partial charge in [-0.25, -0.2) is 4.79 Å². The molecule has 0 aliphatic carbocycles. The summed E-state index contributed by atoms with van der Waals surface area (Å²) < 4.78 is 6.07. The van der Waals surface area contributed by atoms with Gasteiger partial charge in [0.25, 0.3) is 0 Å². The third-order valence-electron chi connectivity index (χ3n) is 5.85. The van der Waals surface area contributed by atoms with Gasteiger partial charge in [0, 0.05) is 18.2 Å². The first kappa shape index (κ1) is 21.8. The minimum atomic E-state index is -0.776. The molecule has 1 unspecified atom stereocenters. The Morgan fingerprint density at radius 1 is 1.00 bits per heavy atom. The Morgan fingerprint density at radius 2 is 1.63 bits per heavy atom. The van der Waals surface area contributed by atoms with E-state index in [1.807, 2.05) is 75.1 Å². The molecule has 2 aromatic rings. The number of anilines is 1. The molecule has 5 nitrogen and oxygen atoms in total. The van der Waals surface area contributed by atoms with Gasteiger partial charge in [0.1, 0.15) is 17.1 Å². The molecule has 1 aliphatic rings. The summed E-state index contributed by atoms with van der Waals surface area (Å²) in [5.41, 5.74) is 1.33. The molecule has 2 N–H and O–H groups in total. The van der Waals surface area contributed by atoms with Crippen molar-refractivity contribution in [2.45, 2.75) is 58.6 Å². The van der Waals surface area contributed by atoms with Crippen LogP contribution >= 0.6 is 0 Å². The van der Waals surface area contributed by atoms with Crippen LogP contribution in [0.4, 0.5) is 5.69 Å². The van der Waals surface area contributed by atoms with Crippen LogP contribution < -0.4 is 4.90 Å². The van der Waals surface area contributed by atoms with Crippen LogP contribution in [0.1, 0.15) is 46.1 Å². The van der Waals surface area contributed by atoms with Crippen molar-refractivity contribution >= 4 is 11.7 Å². The summed E-state index contributed by atoms with van der Waals surface area (Å²) in [6.45, 7) is 7.99. The van der Waals surface area contributed by atoms with Crippen molar-refractivity contribution in [3.63, 3.8) is 0 Å². The molecule has 0 radical (unpaired) electrons. The number of phenolic OH excluding ortho intramolecular Hbond substituents is 1. The molecular formula is C25H31NO4. The van der Waals surface area contributed by atoms with Gasteiger partial charge in [-0.1, -0.05) is 44.2 Å². The number of aromatic hydroxyl groups is 1. The third-order valence-corrected chi connectivity index (χ3v) is 5.85. The maximum Gasteiger partial charge on any atom is 0.359 e. The summed E-state index contributed by atoms with van der Waals surface area (Å²) in [6, 6.07) is 16.6. The zero-order chi connectivity index (χ0) is 21.9. The summed E-state index contributed by atoms with van der Waals surface area (Å²) in [5.74, 6) is -0.160. The van der Waals surface area contributed by atoms with E-state index in [4.69, 9.17) is 4.74 Å². The maximum atomic E-state index is 13.2. The van der Waals surface area contributed by atoms with E-state index < -0.39 is 11.6 Å². The molecule has 0 bridgehead atoms. The standard InChI is InChI=1S/C25H31NO4/c1-17(2)25(15-14-19-10-12-21(27)13-11-19)16-22(28)23(24(29)30-25)26(18(3)4)20-8-6-5-7-9-20/h5-13,17-18,27-28H,14-16H2,1-4H3. The molecule has 5 heteroatoms. The first-order valence-corrected chi connectivity index (χ1v) is 10.5. The number of hydrogen-bond acceptors (Lipinski definition) is 5. The smallest absolute Gasteiger partial charge is 0.359 e. The highest BCUT2D eigenvalue weighted by atomic mass is 16.6. The van der Waals surface area contributed by atoms with Crippen molar-refractivity contribution in [3.8, 4) is 5.75 Å². The lowest BCUT2D eigenvalue weighted by Crippen LogP contribution is -2.48. The third kappa shape index (κ3) is 4.45. The molecule has 0 fully saturated rings. The van der Waals surface area contributed by atoms with Gasteiger partial charge in [-0.05, 0) is 62.4 Å². The van der Waals surface area contributed by atoms with Crippen LogP contribution in [0.15, 0.2) is 66.1 Å². The lowest BCUT2D eigenvalue weighted by molar-refractivity contribution is -0.166. The van der Waals surface area contributed by atoms with Gasteiger partial charge in [0.2, 0.25) is 0 Å². The maximum absolute atomic E-state index is 13.2. The van der Waals surface area contributed by atoms with Gasteiger partial charge in [0.15, 0.2) is 5.70 Å². The number of ether oxygens (including phenoxy) is 1. The Hall–Kier alpha value is -2.95. The Bertz CT molecular complexity index is 903. The lowest BCUT2D eigenvalue weighted by atomic mass is 9.79. The normalized spacial score (nSPS) is 19.3. The highest BCUT2D eigenvalue weighted by molar-refractivity contribution is 5.94. The zero-order valence-electron chi connectivity index (χ0n) is 18.1. The molecule has 30 heavy (non-hydrogen) atoms. The van der Waals surface area contributed by atoms with Crippen LogP contribution in [0.5, 0.6) is 5.75 Å². The fourth-order valence-corrected chi connectivity index (χ4v) is 4.03. The van der Waals surface area contributed by atoms with Crippen molar-refractivity contribution in [1.29, 1.82) is 0 Å². The fraction of sp³-hybridized carbons (Fsp3) is 0.400. The van der Waals surface area contributed by atoms with Crippen LogP contribution in [0, 0.1) is 5.92 Å². The minimum absolute atomic E-state index is 0.0272. The van der Waals surface area contributed by atoms with Crippen LogP contribution in [0.25, 0.3) is 0 Å². The predicted octanol–water partition coefficient (Wildman–Crippen LogP) is 5.35. The number of carbonyl (C=O) groups is 1. The monoisotopic (exact) mass is 409 g/mol. The average Bonchev–Trinajstić information content (AvgIpc) is 2.70. The molecule has 160 valence electrons. The molecule has 0 amide bonds. The van der Waals surface area contributed by atoms with Crippen LogP contribution in [-0.2, 0) is 16.0 Å². The molecule has 0 saturated heterocycles. The van der Waals surface area contributed by atoms with E-state index in [1.54, 1.807) is 12.1 Å². The summed E-state index contributed by atoms with van der Waals surface area (Å²) in [7, 11) is 0. The number of para-hydroxylation sites is 1. The van der Waals surface area contributed by atoms with E-state index in [9.17, 15) is 15.0 Å². The van der Waals surface area contributed by atoms with Gasteiger partial charge in [-0.3, -0.25) is 0 Å². The van der Waals surface area contributed by atoms with E-state index in [-0.39, 0.29) is 35.6 Å². The van der Waals surface area contributed by atoms with Crippen LogP contribution in [0.3, 0.4) is 0 Å². The molecule has 1 aliphatic heterocycles. The van der Waals surface area contributed by atoms with E-state index in [2.05, 4.69) is 0 Å². The fourth-order valence-electron chi connectivity index (χ4n) is 4.03. The van der Waals surface area contributed by atoms with E-state index >= 15 is 0 Å². The first-order valence-electron chi connectivity index (χ1n) is 10.5. The molecule has 0 aromatic heterocycles. The van der Waals surface area contributed by atoms with Gasteiger partial charge in [-0.2, -0.15) is 0 Å². The first-order chi connectivity index (χ1) is 14.2. The molecule has 3 rings (SSSR count). The van der Waals surface area contributed by atoms with E-state index in [0.717, 1.165) is 11.3 Å². The van der Waals surface area contributed by atoms with Crippen molar-refractivity contribution in [1.82, 2.24) is 0 Å². The summed E-state index contributed by atoms with van der Waals surface area (Å²) in [6.07, 6.45) is 1.55. The number of rotatable bonds is 7. The Labute approximate surface area is 178 Å². The topological polar surface area (TPSA) is 70.0 Å². The second-order valence-corrected chi connectivity index (χ2v) is 8.55. The minimum Gasteiger partial charge on any atom is -0.510 e. The molecular weight excluding hydrogens is 378 g/mol. The highest BCUT2D eigenvalue weighted by Crippen LogP contribution is 2.40.